The van der Waals surface area contributed by atoms with Crippen LogP contribution in [0.5, 0.6) is 0 Å². The van der Waals surface area contributed by atoms with Crippen LogP contribution < -0.4 is 5.32 Å². The zero-order valence-electron chi connectivity index (χ0n) is 19.3. The monoisotopic (exact) mass is 461 g/mol. The number of aliphatic hydroxyl groups is 1. The van der Waals surface area contributed by atoms with Gasteiger partial charge in [-0.2, -0.15) is 0 Å². The minimum atomic E-state index is -0.578. The molecular weight excluding hydrogens is 430 g/mol. The van der Waals surface area contributed by atoms with Gasteiger partial charge >= 0.3 is 0 Å². The largest absolute Gasteiger partial charge is 0.396 e. The number of nitrogens with zero attached hydrogens (tertiary/aromatic N) is 2. The first kappa shape index (κ1) is 22.7. The van der Waals surface area contributed by atoms with E-state index < -0.39 is 6.04 Å². The van der Waals surface area contributed by atoms with E-state index in [1.165, 1.54) is 11.1 Å². The highest BCUT2D eigenvalue weighted by atomic mass is 16.3. The summed E-state index contributed by atoms with van der Waals surface area (Å²) in [7, 11) is 0. The summed E-state index contributed by atoms with van der Waals surface area (Å²) in [5.41, 5.74) is 4.13. The Balaban J connectivity index is 1.26. The molecule has 3 aliphatic rings. The third-order valence-corrected chi connectivity index (χ3v) is 7.58. The Morgan fingerprint density at radius 2 is 1.76 bits per heavy atom. The van der Waals surface area contributed by atoms with Crippen molar-refractivity contribution < 1.29 is 19.5 Å². The average molecular weight is 462 g/mol. The smallest absolute Gasteiger partial charge is 0.255 e. The number of carbonyl (C=O) groups excluding carboxylic acids is 3. The van der Waals surface area contributed by atoms with Crippen LogP contribution in [0.3, 0.4) is 0 Å². The molecule has 7 nitrogen and oxygen atoms in total. The van der Waals surface area contributed by atoms with E-state index in [-0.39, 0.29) is 36.8 Å². The number of aliphatic hydroxyl groups excluding tert-OH is 1. The van der Waals surface area contributed by atoms with Crippen LogP contribution in [-0.4, -0.2) is 58.4 Å². The minimum Gasteiger partial charge on any atom is -0.396 e. The SMILES string of the molecule is O=C1CCC(N2Cc3cc(C4CCN([C@@H](CCO)c5ccccc5)CC4)ccc3C2=O)C(=O)N1. The Bertz CT molecular complexity index is 1080. The van der Waals surface area contributed by atoms with E-state index in [1.54, 1.807) is 4.90 Å². The number of fused-ring (bicyclic) bond motifs is 1. The lowest BCUT2D eigenvalue weighted by Crippen LogP contribution is -2.52. The summed E-state index contributed by atoms with van der Waals surface area (Å²) >= 11 is 0. The summed E-state index contributed by atoms with van der Waals surface area (Å²) in [6.07, 6.45) is 3.43. The van der Waals surface area contributed by atoms with Crippen LogP contribution in [0, 0.1) is 0 Å². The Labute approximate surface area is 199 Å². The summed E-state index contributed by atoms with van der Waals surface area (Å²) in [6, 6.07) is 16.2. The molecule has 3 aliphatic heterocycles. The van der Waals surface area contributed by atoms with E-state index in [1.807, 2.05) is 12.1 Å². The molecule has 0 spiro atoms. The molecule has 0 bridgehead atoms. The number of hydrogen-bond acceptors (Lipinski definition) is 5. The zero-order valence-corrected chi connectivity index (χ0v) is 19.3. The van der Waals surface area contributed by atoms with Gasteiger partial charge in [0.25, 0.3) is 5.91 Å². The molecule has 2 saturated heterocycles. The van der Waals surface area contributed by atoms with Crippen molar-refractivity contribution >= 4 is 17.7 Å². The van der Waals surface area contributed by atoms with Crippen molar-refractivity contribution in [2.45, 2.75) is 56.7 Å². The van der Waals surface area contributed by atoms with Gasteiger partial charge in [0.1, 0.15) is 6.04 Å². The van der Waals surface area contributed by atoms with Gasteiger partial charge in [-0.05, 0) is 67.4 Å². The first-order chi connectivity index (χ1) is 16.5. The molecule has 0 aromatic heterocycles. The number of imide groups is 1. The Morgan fingerprint density at radius 1 is 1.00 bits per heavy atom. The summed E-state index contributed by atoms with van der Waals surface area (Å²) < 4.78 is 0. The van der Waals surface area contributed by atoms with Crippen LogP contribution in [0.4, 0.5) is 0 Å². The molecule has 0 aliphatic carbocycles. The second-order valence-electron chi connectivity index (χ2n) is 9.57. The summed E-state index contributed by atoms with van der Waals surface area (Å²) in [5, 5.41) is 12.0. The molecule has 3 heterocycles. The average Bonchev–Trinajstić information content (AvgIpc) is 3.18. The van der Waals surface area contributed by atoms with E-state index in [0.717, 1.165) is 37.9 Å². The molecule has 2 atom stereocenters. The highest BCUT2D eigenvalue weighted by Gasteiger charge is 2.39. The Morgan fingerprint density at radius 3 is 2.47 bits per heavy atom. The molecule has 2 fully saturated rings. The van der Waals surface area contributed by atoms with Crippen molar-refractivity contribution in [2.24, 2.45) is 0 Å². The normalized spacial score (nSPS) is 22.6. The number of hydrogen-bond donors (Lipinski definition) is 2. The van der Waals surface area contributed by atoms with Crippen molar-refractivity contribution in [3.8, 4) is 0 Å². The molecule has 0 saturated carbocycles. The van der Waals surface area contributed by atoms with Crippen LogP contribution in [0.1, 0.15) is 71.1 Å². The minimum absolute atomic E-state index is 0.124. The molecule has 1 unspecified atom stereocenters. The fourth-order valence-electron chi connectivity index (χ4n) is 5.75. The molecular formula is C27H31N3O4. The van der Waals surface area contributed by atoms with Crippen LogP contribution in [-0.2, 0) is 16.1 Å². The second kappa shape index (κ2) is 9.68. The highest BCUT2D eigenvalue weighted by molar-refractivity contribution is 6.05. The van der Waals surface area contributed by atoms with E-state index in [9.17, 15) is 19.5 Å². The second-order valence-corrected chi connectivity index (χ2v) is 9.57. The summed E-state index contributed by atoms with van der Waals surface area (Å²) in [5.74, 6) is -0.346. The third kappa shape index (κ3) is 4.38. The quantitative estimate of drug-likeness (QED) is 0.646. The molecule has 3 amide bonds. The highest BCUT2D eigenvalue weighted by Crippen LogP contribution is 2.36. The maximum absolute atomic E-state index is 13.0. The first-order valence-electron chi connectivity index (χ1n) is 12.2. The number of carbonyl (C=O) groups is 3. The lowest BCUT2D eigenvalue weighted by molar-refractivity contribution is -0.136. The molecule has 178 valence electrons. The van der Waals surface area contributed by atoms with Crippen molar-refractivity contribution in [2.75, 3.05) is 19.7 Å². The lowest BCUT2D eigenvalue weighted by Gasteiger charge is -2.38. The number of piperidine rings is 2. The summed E-state index contributed by atoms with van der Waals surface area (Å²) in [4.78, 5) is 40.8. The van der Waals surface area contributed by atoms with Gasteiger partial charge < -0.3 is 10.0 Å². The number of nitrogens with one attached hydrogen (secondary N) is 1. The maximum atomic E-state index is 13.0. The number of likely N-dealkylation sites (tertiary alicyclic amines) is 1. The number of amides is 3. The van der Waals surface area contributed by atoms with Crippen LogP contribution in [0.25, 0.3) is 0 Å². The van der Waals surface area contributed by atoms with Crippen molar-refractivity contribution in [3.05, 3.63) is 70.8 Å². The fraction of sp³-hybridized carbons (Fsp3) is 0.444. The lowest BCUT2D eigenvalue weighted by atomic mass is 9.86. The molecule has 2 aromatic carbocycles. The third-order valence-electron chi connectivity index (χ3n) is 7.58. The molecule has 2 aromatic rings. The van der Waals surface area contributed by atoms with Crippen molar-refractivity contribution in [3.63, 3.8) is 0 Å². The van der Waals surface area contributed by atoms with Crippen LogP contribution in [0.2, 0.25) is 0 Å². The van der Waals surface area contributed by atoms with Gasteiger partial charge in [-0.25, -0.2) is 0 Å². The van der Waals surface area contributed by atoms with Crippen molar-refractivity contribution in [1.29, 1.82) is 0 Å². The van der Waals surface area contributed by atoms with Gasteiger partial charge in [0.15, 0.2) is 0 Å². The predicted molar refractivity (Wildman–Crippen MR) is 127 cm³/mol. The van der Waals surface area contributed by atoms with Crippen LogP contribution >= 0.6 is 0 Å². The number of benzene rings is 2. The van der Waals surface area contributed by atoms with Crippen LogP contribution in [0.15, 0.2) is 48.5 Å². The van der Waals surface area contributed by atoms with Gasteiger partial charge in [0.05, 0.1) is 0 Å². The molecule has 0 radical (unpaired) electrons. The van der Waals surface area contributed by atoms with E-state index >= 15 is 0 Å². The van der Waals surface area contributed by atoms with Gasteiger partial charge in [-0.1, -0.05) is 42.5 Å². The maximum Gasteiger partial charge on any atom is 0.255 e. The van der Waals surface area contributed by atoms with Gasteiger partial charge in [0, 0.05) is 31.2 Å². The topological polar surface area (TPSA) is 90.0 Å². The zero-order chi connectivity index (χ0) is 23.7. The number of rotatable bonds is 6. The van der Waals surface area contributed by atoms with E-state index in [0.29, 0.717) is 24.4 Å². The van der Waals surface area contributed by atoms with Gasteiger partial charge in [0.2, 0.25) is 11.8 Å². The fourth-order valence-corrected chi connectivity index (χ4v) is 5.75. The summed E-state index contributed by atoms with van der Waals surface area (Å²) in [6.45, 7) is 2.51. The molecule has 5 rings (SSSR count). The van der Waals surface area contributed by atoms with E-state index in [2.05, 4.69) is 46.6 Å². The predicted octanol–water partition coefficient (Wildman–Crippen LogP) is 2.75. The Kier molecular flexibility index (Phi) is 6.48. The standard InChI is InChI=1S/C27H31N3O4/c31-15-12-23(19-4-2-1-3-5-19)29-13-10-18(11-14-29)20-6-7-22-21(16-20)17-30(27(22)34)24-8-9-25(32)28-26(24)33/h1-7,16,18,23-24,31H,8-15,17H2,(H,28,32,33)/t23-,24?/m0/s1. The van der Waals surface area contributed by atoms with Crippen molar-refractivity contribution in [1.82, 2.24) is 15.1 Å². The molecule has 34 heavy (non-hydrogen) atoms. The Hall–Kier alpha value is -3.03. The first-order valence-corrected chi connectivity index (χ1v) is 12.2. The van der Waals surface area contributed by atoms with Gasteiger partial charge in [-0.15, -0.1) is 0 Å². The molecule has 2 N–H and O–H groups in total. The molecule has 7 heteroatoms. The van der Waals surface area contributed by atoms with E-state index in [4.69, 9.17) is 0 Å². The van der Waals surface area contributed by atoms with Gasteiger partial charge in [-0.3, -0.25) is 24.6 Å².